The summed E-state index contributed by atoms with van der Waals surface area (Å²) in [6.45, 7) is 8.64. The van der Waals surface area contributed by atoms with Crippen molar-refractivity contribution in [3.8, 4) is 0 Å². The molecule has 1 aliphatic rings. The van der Waals surface area contributed by atoms with Crippen LogP contribution >= 0.6 is 15.2 Å². The largest absolute Gasteiger partial charge is 0.370 e. The fraction of sp³-hybridized carbons (Fsp3) is 0.600. The number of Topliss-reactive ketones (excluding diaryl/α,β-unsaturated/α-hetero) is 1. The third kappa shape index (κ3) is 4.87. The van der Waals surface area contributed by atoms with Gasteiger partial charge in [-0.3, -0.25) is 19.4 Å². The number of ketones is 1. The van der Waals surface area contributed by atoms with E-state index in [1.165, 1.54) is 0 Å². The van der Waals surface area contributed by atoms with Crippen molar-refractivity contribution in [2.75, 3.05) is 26.4 Å². The van der Waals surface area contributed by atoms with Crippen LogP contribution in [0.2, 0.25) is 0 Å². The van der Waals surface area contributed by atoms with E-state index >= 15 is 0 Å². The topological polar surface area (TPSA) is 113 Å². The van der Waals surface area contributed by atoms with Gasteiger partial charge in [0.2, 0.25) is 5.78 Å². The van der Waals surface area contributed by atoms with Crippen molar-refractivity contribution in [1.82, 2.24) is 5.43 Å². The van der Waals surface area contributed by atoms with Gasteiger partial charge in [-0.25, -0.2) is 0 Å². The number of nitrogens with zero attached hydrogens (tertiary/aromatic N) is 1. The van der Waals surface area contributed by atoms with Gasteiger partial charge in [-0.15, -0.1) is 0 Å². The highest BCUT2D eigenvalue weighted by atomic mass is 31.2. The van der Waals surface area contributed by atoms with Crippen molar-refractivity contribution in [1.29, 1.82) is 0 Å². The minimum atomic E-state index is -4.16. The average molecular weight is 474 g/mol. The van der Waals surface area contributed by atoms with Crippen LogP contribution in [0.3, 0.4) is 0 Å². The van der Waals surface area contributed by atoms with Gasteiger partial charge in [-0.05, 0) is 39.7 Å². The molecule has 0 atom stereocenters. The van der Waals surface area contributed by atoms with E-state index in [0.717, 1.165) is 5.56 Å². The summed E-state index contributed by atoms with van der Waals surface area (Å²) in [5.74, 6) is -0.356. The molecule has 9 nitrogen and oxygen atoms in total. The van der Waals surface area contributed by atoms with Gasteiger partial charge in [0.15, 0.2) is 0 Å². The van der Waals surface area contributed by atoms with Crippen LogP contribution < -0.4 is 5.43 Å². The Kier molecular flexibility index (Phi) is 9.19. The Labute approximate surface area is 183 Å². The molecule has 11 heteroatoms. The molecule has 31 heavy (non-hydrogen) atoms. The molecule has 0 radical (unpaired) electrons. The summed E-state index contributed by atoms with van der Waals surface area (Å²) in [5.41, 5.74) is 4.05. The molecule has 0 saturated heterocycles. The van der Waals surface area contributed by atoms with E-state index in [9.17, 15) is 13.9 Å². The first kappa shape index (κ1) is 25.9. The first-order valence-corrected chi connectivity index (χ1v) is 13.6. The Bertz CT molecular complexity index is 853. The quantitative estimate of drug-likeness (QED) is 0.315. The lowest BCUT2D eigenvalue weighted by Crippen LogP contribution is -2.42. The number of carbonyl (C=O) groups is 1. The Balaban J connectivity index is 2.58. The van der Waals surface area contributed by atoms with E-state index < -0.39 is 20.2 Å². The van der Waals surface area contributed by atoms with E-state index in [2.05, 4.69) is 10.5 Å². The first-order chi connectivity index (χ1) is 14.8. The molecule has 1 N–H and O–H groups in total. The van der Waals surface area contributed by atoms with E-state index in [1.54, 1.807) is 39.8 Å². The zero-order chi connectivity index (χ0) is 23.1. The number of hydrazone groups is 1. The van der Waals surface area contributed by atoms with E-state index in [4.69, 9.17) is 18.1 Å². The average Bonchev–Trinajstić information content (AvgIpc) is 3.22. The van der Waals surface area contributed by atoms with Crippen molar-refractivity contribution in [2.45, 2.75) is 52.5 Å². The summed E-state index contributed by atoms with van der Waals surface area (Å²) in [7, 11) is -8.31. The molecule has 0 aliphatic carbocycles. The number of aryl methyl sites for hydroxylation is 1. The summed E-state index contributed by atoms with van der Waals surface area (Å²) >= 11 is 0. The van der Waals surface area contributed by atoms with Gasteiger partial charge >= 0.3 is 15.2 Å². The summed E-state index contributed by atoms with van der Waals surface area (Å²) in [6.07, 6.45) is 0.360. The zero-order valence-corrected chi connectivity index (χ0v) is 20.5. The molecule has 0 amide bonds. The van der Waals surface area contributed by atoms with E-state index in [-0.39, 0.29) is 44.3 Å². The predicted molar refractivity (Wildman–Crippen MR) is 120 cm³/mol. The van der Waals surface area contributed by atoms with Crippen LogP contribution in [-0.2, 0) is 33.6 Å². The number of nitrogens with one attached hydrogen (secondary N) is 1. The minimum absolute atomic E-state index is 0.0287. The molecule has 1 aromatic rings. The van der Waals surface area contributed by atoms with Crippen molar-refractivity contribution in [3.63, 3.8) is 0 Å². The first-order valence-electron chi connectivity index (χ1n) is 10.5. The van der Waals surface area contributed by atoms with Gasteiger partial charge in [-0.2, -0.15) is 5.10 Å². The van der Waals surface area contributed by atoms with Crippen LogP contribution in [0.1, 0.15) is 57.0 Å². The highest BCUT2D eigenvalue weighted by Crippen LogP contribution is 2.78. The number of carbonyl (C=O) groups excluding carboxylic acids is 1. The molecule has 1 aromatic carbocycles. The van der Waals surface area contributed by atoms with Crippen LogP contribution in [0.15, 0.2) is 29.4 Å². The Hall–Kier alpha value is -1.34. The third-order valence-electron chi connectivity index (χ3n) is 4.79. The van der Waals surface area contributed by atoms with Gasteiger partial charge < -0.3 is 18.1 Å². The number of benzene rings is 1. The minimum Gasteiger partial charge on any atom is -0.307 e. The second-order valence-electron chi connectivity index (χ2n) is 6.67. The molecule has 174 valence electrons. The molecular weight excluding hydrogens is 442 g/mol. The molecule has 0 aromatic heterocycles. The molecule has 2 rings (SSSR count). The van der Waals surface area contributed by atoms with Gasteiger partial charge in [0.05, 0.1) is 26.4 Å². The summed E-state index contributed by atoms with van der Waals surface area (Å²) in [6, 6.07) is 7.18. The maximum atomic E-state index is 13.9. The molecule has 0 saturated carbocycles. The lowest BCUT2D eigenvalue weighted by molar-refractivity contribution is 0.106. The Morgan fingerprint density at radius 1 is 0.935 bits per heavy atom. The Morgan fingerprint density at radius 3 is 1.87 bits per heavy atom. The molecule has 0 fully saturated rings. The van der Waals surface area contributed by atoms with Crippen LogP contribution in [-0.4, -0.2) is 42.9 Å². The summed E-state index contributed by atoms with van der Waals surface area (Å²) in [4.78, 5) is 13.3. The molecule has 0 unspecified atom stereocenters. The van der Waals surface area contributed by atoms with Crippen molar-refractivity contribution < 1.29 is 32.0 Å². The SMILES string of the molecule is CCOP(=O)(OCC)C1(P(=O)(OCC)OCC)CC(C(=O)c2ccccc2CC)=NN1. The van der Waals surface area contributed by atoms with Crippen LogP contribution in [0, 0.1) is 0 Å². The highest BCUT2D eigenvalue weighted by molar-refractivity contribution is 7.74. The standard InChI is InChI=1S/C20H32N2O7P2/c1-6-16-13-11-12-14-17(16)19(23)18-15-20(22-21-18,30(24,26-7-2)27-8-3)31(25,28-9-4)29-10-5/h11-14,22H,6-10,15H2,1-5H3. The predicted octanol–water partition coefficient (Wildman–Crippen LogP) is 4.97. The normalized spacial score (nSPS) is 16.1. The molecule has 0 bridgehead atoms. The second kappa shape index (κ2) is 11.0. The lowest BCUT2D eigenvalue weighted by atomic mass is 9.98. The summed E-state index contributed by atoms with van der Waals surface area (Å²) in [5, 5.41) is 2.19. The van der Waals surface area contributed by atoms with Gasteiger partial charge in [-0.1, -0.05) is 31.2 Å². The van der Waals surface area contributed by atoms with Gasteiger partial charge in [0.25, 0.3) is 5.02 Å². The molecular formula is C20H32N2O7P2. The molecule has 1 heterocycles. The summed E-state index contributed by atoms with van der Waals surface area (Å²) < 4.78 is 50.0. The van der Waals surface area contributed by atoms with Crippen LogP contribution in [0.25, 0.3) is 0 Å². The molecule has 1 aliphatic heterocycles. The fourth-order valence-corrected chi connectivity index (χ4v) is 8.74. The zero-order valence-electron chi connectivity index (χ0n) is 18.8. The Morgan fingerprint density at radius 2 is 1.42 bits per heavy atom. The number of hydrogen-bond donors (Lipinski definition) is 1. The van der Waals surface area contributed by atoms with Crippen molar-refractivity contribution in [2.24, 2.45) is 5.10 Å². The molecule has 0 spiro atoms. The van der Waals surface area contributed by atoms with E-state index in [1.807, 2.05) is 19.1 Å². The van der Waals surface area contributed by atoms with Crippen LogP contribution in [0.5, 0.6) is 0 Å². The fourth-order valence-electron chi connectivity index (χ4n) is 3.45. The monoisotopic (exact) mass is 474 g/mol. The van der Waals surface area contributed by atoms with Gasteiger partial charge in [0.1, 0.15) is 5.71 Å². The third-order valence-corrected chi connectivity index (χ3v) is 11.0. The smallest absolute Gasteiger partial charge is 0.307 e. The lowest BCUT2D eigenvalue weighted by Gasteiger charge is -2.38. The van der Waals surface area contributed by atoms with Crippen molar-refractivity contribution in [3.05, 3.63) is 35.4 Å². The van der Waals surface area contributed by atoms with E-state index in [0.29, 0.717) is 12.0 Å². The number of rotatable bonds is 13. The van der Waals surface area contributed by atoms with Crippen molar-refractivity contribution >= 4 is 26.7 Å². The van der Waals surface area contributed by atoms with Gasteiger partial charge in [0, 0.05) is 12.0 Å². The maximum Gasteiger partial charge on any atom is 0.370 e. The van der Waals surface area contributed by atoms with Crippen LogP contribution in [0.4, 0.5) is 0 Å². The maximum absolute atomic E-state index is 13.9. The number of hydrogen-bond acceptors (Lipinski definition) is 9. The highest BCUT2D eigenvalue weighted by Gasteiger charge is 2.68. The second-order valence-corrected chi connectivity index (χ2v) is 11.6.